The zero-order valence-corrected chi connectivity index (χ0v) is 16.0. The smallest absolute Gasteiger partial charge is 0.165 e. The Hall–Kier alpha value is -1.85. The van der Waals surface area contributed by atoms with Crippen molar-refractivity contribution in [2.24, 2.45) is 5.92 Å². The molecule has 1 fully saturated rings. The fourth-order valence-corrected chi connectivity index (χ4v) is 3.74. The third kappa shape index (κ3) is 5.08. The van der Waals surface area contributed by atoms with Gasteiger partial charge in [-0.1, -0.05) is 6.07 Å². The first kappa shape index (κ1) is 18.9. The van der Waals surface area contributed by atoms with Gasteiger partial charge in [0.1, 0.15) is 11.5 Å². The number of benzene rings is 1. The van der Waals surface area contributed by atoms with E-state index in [1.807, 2.05) is 19.1 Å². The van der Waals surface area contributed by atoms with Crippen LogP contribution in [0.5, 0.6) is 5.75 Å². The first-order valence-electron chi connectivity index (χ1n) is 9.32. The van der Waals surface area contributed by atoms with Crippen LogP contribution in [0.2, 0.25) is 0 Å². The van der Waals surface area contributed by atoms with E-state index in [-0.39, 0.29) is 5.82 Å². The maximum Gasteiger partial charge on any atom is 0.165 e. The van der Waals surface area contributed by atoms with Gasteiger partial charge in [0.15, 0.2) is 11.6 Å². The number of nitrogens with zero attached hydrogens (tertiary/aromatic N) is 2. The molecule has 4 nitrogen and oxygen atoms in total. The summed E-state index contributed by atoms with van der Waals surface area (Å²) in [7, 11) is 3.64. The number of aryl methyl sites for hydroxylation is 1. The molecular weight excluding hydrogens is 331 g/mol. The summed E-state index contributed by atoms with van der Waals surface area (Å²) in [5, 5.41) is 0. The molecule has 0 unspecified atom stereocenters. The lowest BCUT2D eigenvalue weighted by molar-refractivity contribution is 0.140. The highest BCUT2D eigenvalue weighted by Gasteiger charge is 2.21. The summed E-state index contributed by atoms with van der Waals surface area (Å²) in [6, 6.07) is 9.21. The summed E-state index contributed by atoms with van der Waals surface area (Å²) in [6.45, 7) is 7.00. The number of rotatable bonds is 7. The Kier molecular flexibility index (Phi) is 6.33. The predicted octanol–water partition coefficient (Wildman–Crippen LogP) is 4.08. The monoisotopic (exact) mass is 360 g/mol. The number of furan rings is 1. The van der Waals surface area contributed by atoms with Crippen molar-refractivity contribution in [2.75, 3.05) is 33.8 Å². The predicted molar refractivity (Wildman–Crippen MR) is 101 cm³/mol. The number of likely N-dealkylation sites (tertiary alicyclic amines) is 1. The summed E-state index contributed by atoms with van der Waals surface area (Å²) < 4.78 is 24.3. The van der Waals surface area contributed by atoms with Crippen molar-refractivity contribution in [2.45, 2.75) is 32.9 Å². The largest absolute Gasteiger partial charge is 0.494 e. The van der Waals surface area contributed by atoms with Gasteiger partial charge in [-0.3, -0.25) is 4.90 Å². The van der Waals surface area contributed by atoms with Crippen molar-refractivity contribution >= 4 is 0 Å². The quantitative estimate of drug-likeness (QED) is 0.744. The van der Waals surface area contributed by atoms with Gasteiger partial charge < -0.3 is 14.1 Å². The second-order valence-electron chi connectivity index (χ2n) is 7.40. The van der Waals surface area contributed by atoms with Crippen LogP contribution in [0.1, 0.15) is 29.9 Å². The van der Waals surface area contributed by atoms with Crippen LogP contribution in [0.3, 0.4) is 0 Å². The number of hydrogen-bond donors (Lipinski definition) is 0. The second-order valence-corrected chi connectivity index (χ2v) is 7.40. The molecule has 0 amide bonds. The number of hydrogen-bond acceptors (Lipinski definition) is 4. The van der Waals surface area contributed by atoms with Crippen LogP contribution >= 0.6 is 0 Å². The van der Waals surface area contributed by atoms with Crippen molar-refractivity contribution in [3.63, 3.8) is 0 Å². The standard InChI is InChI=1S/C21H29FN2O2/c1-16-4-6-19(26-16)15-24-10-8-17(9-11-24)13-23(2)14-18-5-7-20(22)21(12-18)25-3/h4-7,12,17H,8-11,13-15H2,1-3H3. The van der Waals surface area contributed by atoms with Crippen LogP contribution in [-0.2, 0) is 13.1 Å². The van der Waals surface area contributed by atoms with Gasteiger partial charge in [-0.2, -0.15) is 0 Å². The Morgan fingerprint density at radius 3 is 2.65 bits per heavy atom. The fourth-order valence-electron chi connectivity index (χ4n) is 3.74. The molecule has 1 aromatic carbocycles. The maximum absolute atomic E-state index is 13.5. The summed E-state index contributed by atoms with van der Waals surface area (Å²) in [6.07, 6.45) is 2.41. The first-order valence-corrected chi connectivity index (χ1v) is 9.32. The Bertz CT molecular complexity index is 708. The first-order chi connectivity index (χ1) is 12.5. The third-order valence-electron chi connectivity index (χ3n) is 5.12. The summed E-state index contributed by atoms with van der Waals surface area (Å²) in [5.74, 6) is 2.75. The average Bonchev–Trinajstić information content (AvgIpc) is 3.03. The number of piperidine rings is 1. The Morgan fingerprint density at radius 2 is 2.00 bits per heavy atom. The minimum Gasteiger partial charge on any atom is -0.494 e. The van der Waals surface area contributed by atoms with Gasteiger partial charge in [0, 0.05) is 13.1 Å². The van der Waals surface area contributed by atoms with E-state index in [1.165, 1.54) is 26.0 Å². The summed E-state index contributed by atoms with van der Waals surface area (Å²) in [5.41, 5.74) is 1.08. The second kappa shape index (κ2) is 8.69. The molecule has 0 radical (unpaired) electrons. The SMILES string of the molecule is COc1cc(CN(C)CC2CCN(Cc3ccc(C)o3)CC2)ccc1F. The van der Waals surface area contributed by atoms with Crippen LogP contribution in [0.25, 0.3) is 0 Å². The minimum absolute atomic E-state index is 0.307. The molecule has 5 heteroatoms. The van der Waals surface area contributed by atoms with E-state index in [2.05, 4.69) is 22.9 Å². The molecule has 2 heterocycles. The van der Waals surface area contributed by atoms with Gasteiger partial charge in [0.2, 0.25) is 0 Å². The van der Waals surface area contributed by atoms with E-state index in [9.17, 15) is 4.39 Å². The Morgan fingerprint density at radius 1 is 1.23 bits per heavy atom. The van der Waals surface area contributed by atoms with Crippen molar-refractivity contribution in [1.29, 1.82) is 0 Å². The number of halogens is 1. The molecule has 3 rings (SSSR count). The van der Waals surface area contributed by atoms with Crippen LogP contribution in [-0.4, -0.2) is 43.6 Å². The van der Waals surface area contributed by atoms with Gasteiger partial charge >= 0.3 is 0 Å². The Labute approximate surface area is 155 Å². The van der Waals surface area contributed by atoms with Gasteiger partial charge in [-0.05, 0) is 75.6 Å². The third-order valence-corrected chi connectivity index (χ3v) is 5.12. The Balaban J connectivity index is 1.43. The van der Waals surface area contributed by atoms with Crippen molar-refractivity contribution in [3.8, 4) is 5.75 Å². The van der Waals surface area contributed by atoms with E-state index >= 15 is 0 Å². The number of ether oxygens (including phenoxy) is 1. The van der Waals surface area contributed by atoms with E-state index < -0.39 is 0 Å². The molecule has 1 aliphatic heterocycles. The summed E-state index contributed by atoms with van der Waals surface area (Å²) >= 11 is 0. The molecule has 1 saturated heterocycles. The molecule has 1 aromatic heterocycles. The average molecular weight is 360 g/mol. The van der Waals surface area contributed by atoms with Gasteiger partial charge in [0.25, 0.3) is 0 Å². The van der Waals surface area contributed by atoms with E-state index in [0.29, 0.717) is 11.7 Å². The molecule has 1 aliphatic rings. The minimum atomic E-state index is -0.307. The fraction of sp³-hybridized carbons (Fsp3) is 0.524. The van der Waals surface area contributed by atoms with Gasteiger partial charge in [-0.15, -0.1) is 0 Å². The van der Waals surface area contributed by atoms with Gasteiger partial charge in [-0.25, -0.2) is 4.39 Å². The lowest BCUT2D eigenvalue weighted by Gasteiger charge is -2.33. The highest BCUT2D eigenvalue weighted by atomic mass is 19.1. The molecule has 142 valence electrons. The highest BCUT2D eigenvalue weighted by Crippen LogP contribution is 2.22. The van der Waals surface area contributed by atoms with E-state index in [4.69, 9.17) is 9.15 Å². The van der Waals surface area contributed by atoms with Crippen LogP contribution in [0.4, 0.5) is 4.39 Å². The lowest BCUT2D eigenvalue weighted by atomic mass is 9.96. The lowest BCUT2D eigenvalue weighted by Crippen LogP contribution is -2.37. The molecule has 0 saturated carbocycles. The van der Waals surface area contributed by atoms with Crippen molar-refractivity contribution in [1.82, 2.24) is 9.80 Å². The molecule has 0 atom stereocenters. The zero-order chi connectivity index (χ0) is 18.5. The van der Waals surface area contributed by atoms with Crippen molar-refractivity contribution < 1.29 is 13.5 Å². The summed E-state index contributed by atoms with van der Waals surface area (Å²) in [4.78, 5) is 4.79. The van der Waals surface area contributed by atoms with Gasteiger partial charge in [0.05, 0.1) is 13.7 Å². The van der Waals surface area contributed by atoms with E-state index in [0.717, 1.165) is 49.8 Å². The molecule has 0 spiro atoms. The molecule has 0 bridgehead atoms. The van der Waals surface area contributed by atoms with Crippen LogP contribution in [0.15, 0.2) is 34.7 Å². The maximum atomic E-state index is 13.5. The highest BCUT2D eigenvalue weighted by molar-refractivity contribution is 5.30. The molecule has 0 N–H and O–H groups in total. The van der Waals surface area contributed by atoms with Crippen LogP contribution in [0, 0.1) is 18.7 Å². The number of methoxy groups -OCH3 is 1. The normalized spacial score (nSPS) is 16.3. The molecule has 26 heavy (non-hydrogen) atoms. The van der Waals surface area contributed by atoms with Crippen LogP contribution < -0.4 is 4.74 Å². The topological polar surface area (TPSA) is 28.9 Å². The van der Waals surface area contributed by atoms with Crippen molar-refractivity contribution in [3.05, 3.63) is 53.2 Å². The molecule has 0 aliphatic carbocycles. The zero-order valence-electron chi connectivity index (χ0n) is 16.0. The van der Waals surface area contributed by atoms with E-state index in [1.54, 1.807) is 6.07 Å². The molecule has 2 aromatic rings. The molecular formula is C21H29FN2O2.